The Labute approximate surface area is 191 Å². The van der Waals surface area contributed by atoms with E-state index in [-0.39, 0.29) is 24.5 Å². The van der Waals surface area contributed by atoms with Gasteiger partial charge in [0.2, 0.25) is 5.91 Å². The minimum Gasteiger partial charge on any atom is -0.497 e. The van der Waals surface area contributed by atoms with E-state index >= 15 is 0 Å². The van der Waals surface area contributed by atoms with E-state index in [0.29, 0.717) is 42.3 Å². The molecule has 0 N–H and O–H groups in total. The second kappa shape index (κ2) is 9.72. The number of carbonyl (C=O) groups excluding carboxylic acids is 2. The molecule has 9 heteroatoms. The summed E-state index contributed by atoms with van der Waals surface area (Å²) in [5.74, 6) is 1.00. The van der Waals surface area contributed by atoms with Gasteiger partial charge in [-0.05, 0) is 36.8 Å². The summed E-state index contributed by atoms with van der Waals surface area (Å²) < 4.78 is 15.9. The molecule has 1 aliphatic rings. The number of aryl methyl sites for hydroxylation is 1. The molecule has 1 aromatic heterocycles. The summed E-state index contributed by atoms with van der Waals surface area (Å²) in [4.78, 5) is 29.3. The van der Waals surface area contributed by atoms with Crippen LogP contribution in [-0.4, -0.2) is 58.7 Å². The highest BCUT2D eigenvalue weighted by Crippen LogP contribution is 2.31. The summed E-state index contributed by atoms with van der Waals surface area (Å²) in [5.41, 5.74) is 2.58. The highest BCUT2D eigenvalue weighted by atomic mass is 16.6. The molecule has 0 aliphatic carbocycles. The van der Waals surface area contributed by atoms with Gasteiger partial charge in [-0.1, -0.05) is 34.6 Å². The monoisotopic (exact) mass is 450 g/mol. The zero-order valence-electron chi connectivity index (χ0n) is 18.9. The number of carbonyl (C=O) groups is 2. The maximum atomic E-state index is 13.7. The summed E-state index contributed by atoms with van der Waals surface area (Å²) in [6, 6.07) is 14.4. The number of nitrogens with zero attached hydrogens (tertiary/aromatic N) is 4. The Morgan fingerprint density at radius 2 is 1.85 bits per heavy atom. The number of hydrogen-bond donors (Lipinski definition) is 0. The molecule has 0 bridgehead atoms. The number of aromatic nitrogens is 2. The number of hydrogen-bond acceptors (Lipinski definition) is 7. The third kappa shape index (κ3) is 4.82. The van der Waals surface area contributed by atoms with Crippen LogP contribution in [-0.2, 0) is 11.4 Å². The van der Waals surface area contributed by atoms with Gasteiger partial charge in [-0.2, -0.15) is 0 Å². The van der Waals surface area contributed by atoms with E-state index < -0.39 is 0 Å². The average Bonchev–Trinajstić information content (AvgIpc) is 3.26. The predicted molar refractivity (Wildman–Crippen MR) is 119 cm³/mol. The molecule has 1 atom stereocenters. The van der Waals surface area contributed by atoms with Crippen LogP contribution in [0.1, 0.15) is 40.3 Å². The molecule has 2 amide bonds. The molecule has 9 nitrogen and oxygen atoms in total. The van der Waals surface area contributed by atoms with Crippen molar-refractivity contribution in [3.63, 3.8) is 0 Å². The molecule has 0 unspecified atom stereocenters. The number of methoxy groups -OCH3 is 1. The van der Waals surface area contributed by atoms with Crippen LogP contribution in [0.4, 0.5) is 0 Å². The van der Waals surface area contributed by atoms with Gasteiger partial charge in [0.15, 0.2) is 0 Å². The number of benzene rings is 2. The van der Waals surface area contributed by atoms with Crippen molar-refractivity contribution >= 4 is 11.8 Å². The second-order valence-electron chi connectivity index (χ2n) is 7.83. The summed E-state index contributed by atoms with van der Waals surface area (Å²) >= 11 is 0. The molecular weight excluding hydrogens is 424 g/mol. The molecule has 0 saturated carbocycles. The van der Waals surface area contributed by atoms with Crippen LogP contribution < -0.4 is 9.47 Å². The van der Waals surface area contributed by atoms with Crippen LogP contribution in [0.2, 0.25) is 0 Å². The molecular formula is C24H26N4O5. The van der Waals surface area contributed by atoms with E-state index in [4.69, 9.17) is 14.1 Å². The molecule has 2 heterocycles. The van der Waals surface area contributed by atoms with Crippen LogP contribution in [0.25, 0.3) is 0 Å². The van der Waals surface area contributed by atoms with Gasteiger partial charge >= 0.3 is 0 Å². The van der Waals surface area contributed by atoms with Gasteiger partial charge in [0.1, 0.15) is 29.5 Å². The lowest BCUT2D eigenvalue weighted by molar-refractivity contribution is -0.131. The SMILES string of the molecule is COc1ccc([C@@H]2CN(C(C)=O)CCN2C(=O)c2ccccc2OCc2nonc2C)cc1. The minimum atomic E-state index is -0.295. The van der Waals surface area contributed by atoms with Crippen molar-refractivity contribution in [3.05, 3.63) is 71.0 Å². The fourth-order valence-electron chi connectivity index (χ4n) is 3.87. The largest absolute Gasteiger partial charge is 0.497 e. The molecule has 2 aromatic carbocycles. The van der Waals surface area contributed by atoms with Gasteiger partial charge in [-0.3, -0.25) is 9.59 Å². The van der Waals surface area contributed by atoms with Gasteiger partial charge in [-0.25, -0.2) is 4.63 Å². The van der Waals surface area contributed by atoms with E-state index in [2.05, 4.69) is 10.3 Å². The third-order valence-corrected chi connectivity index (χ3v) is 5.82. The maximum absolute atomic E-state index is 13.7. The Morgan fingerprint density at radius 3 is 2.52 bits per heavy atom. The van der Waals surface area contributed by atoms with Gasteiger partial charge in [0, 0.05) is 26.6 Å². The van der Waals surface area contributed by atoms with E-state index in [1.54, 1.807) is 49.0 Å². The molecule has 0 radical (unpaired) electrons. The minimum absolute atomic E-state index is 0.0130. The molecule has 1 saturated heterocycles. The topological polar surface area (TPSA) is 98.0 Å². The third-order valence-electron chi connectivity index (χ3n) is 5.82. The Morgan fingerprint density at radius 1 is 1.09 bits per heavy atom. The Balaban J connectivity index is 1.61. The number of piperazine rings is 1. The molecule has 33 heavy (non-hydrogen) atoms. The van der Waals surface area contributed by atoms with Crippen molar-refractivity contribution in [2.24, 2.45) is 0 Å². The zero-order chi connectivity index (χ0) is 23.4. The molecule has 0 spiro atoms. The maximum Gasteiger partial charge on any atom is 0.258 e. The van der Waals surface area contributed by atoms with Gasteiger partial charge < -0.3 is 19.3 Å². The van der Waals surface area contributed by atoms with Crippen LogP contribution in [0, 0.1) is 6.92 Å². The quantitative estimate of drug-likeness (QED) is 0.569. The number of amides is 2. The molecule has 1 aliphatic heterocycles. The van der Waals surface area contributed by atoms with E-state index in [9.17, 15) is 9.59 Å². The normalized spacial score (nSPS) is 15.9. The Hall–Kier alpha value is -3.88. The predicted octanol–water partition coefficient (Wildman–Crippen LogP) is 3.01. The lowest BCUT2D eigenvalue weighted by Gasteiger charge is -2.41. The highest BCUT2D eigenvalue weighted by molar-refractivity contribution is 5.97. The summed E-state index contributed by atoms with van der Waals surface area (Å²) in [7, 11) is 1.61. The van der Waals surface area contributed by atoms with E-state index in [0.717, 1.165) is 11.3 Å². The fraction of sp³-hybridized carbons (Fsp3) is 0.333. The summed E-state index contributed by atoms with van der Waals surface area (Å²) in [6.07, 6.45) is 0. The summed E-state index contributed by atoms with van der Waals surface area (Å²) in [6.45, 7) is 4.77. The van der Waals surface area contributed by atoms with Crippen LogP contribution in [0.3, 0.4) is 0 Å². The second-order valence-corrected chi connectivity index (χ2v) is 7.83. The van der Waals surface area contributed by atoms with Gasteiger partial charge in [0.05, 0.1) is 18.7 Å². The molecule has 172 valence electrons. The Bertz CT molecular complexity index is 1130. The van der Waals surface area contributed by atoms with Crippen molar-refractivity contribution in [3.8, 4) is 11.5 Å². The van der Waals surface area contributed by atoms with Gasteiger partial charge in [-0.15, -0.1) is 0 Å². The average molecular weight is 450 g/mol. The van der Waals surface area contributed by atoms with Crippen molar-refractivity contribution in [1.82, 2.24) is 20.1 Å². The highest BCUT2D eigenvalue weighted by Gasteiger charge is 2.34. The fourth-order valence-corrected chi connectivity index (χ4v) is 3.87. The lowest BCUT2D eigenvalue weighted by atomic mass is 10.0. The van der Waals surface area contributed by atoms with E-state index in [1.165, 1.54) is 0 Å². The van der Waals surface area contributed by atoms with Gasteiger partial charge in [0.25, 0.3) is 5.91 Å². The standard InChI is InChI=1S/C24H26N4O5/c1-16-21(26-33-25-16)15-32-23-7-5-4-6-20(23)24(30)28-13-12-27(17(2)29)14-22(28)18-8-10-19(31-3)11-9-18/h4-11,22H,12-15H2,1-3H3/t22-/m0/s1. The van der Waals surface area contributed by atoms with Crippen molar-refractivity contribution in [1.29, 1.82) is 0 Å². The lowest BCUT2D eigenvalue weighted by Crippen LogP contribution is -2.51. The smallest absolute Gasteiger partial charge is 0.258 e. The van der Waals surface area contributed by atoms with Crippen LogP contribution in [0.15, 0.2) is 53.2 Å². The number of para-hydroxylation sites is 1. The van der Waals surface area contributed by atoms with E-state index in [1.807, 2.05) is 30.3 Å². The first-order valence-corrected chi connectivity index (χ1v) is 10.7. The Kier molecular flexibility index (Phi) is 6.58. The first-order chi connectivity index (χ1) is 16.0. The first-order valence-electron chi connectivity index (χ1n) is 10.7. The zero-order valence-corrected chi connectivity index (χ0v) is 18.9. The molecule has 1 fully saturated rings. The number of rotatable bonds is 6. The van der Waals surface area contributed by atoms with Crippen LogP contribution >= 0.6 is 0 Å². The summed E-state index contributed by atoms with van der Waals surface area (Å²) in [5, 5.41) is 7.59. The first kappa shape index (κ1) is 22.3. The van der Waals surface area contributed by atoms with Crippen molar-refractivity contribution in [2.45, 2.75) is 26.5 Å². The van der Waals surface area contributed by atoms with Crippen molar-refractivity contribution < 1.29 is 23.7 Å². The number of ether oxygens (including phenoxy) is 2. The van der Waals surface area contributed by atoms with Crippen LogP contribution in [0.5, 0.6) is 11.5 Å². The van der Waals surface area contributed by atoms with Crippen molar-refractivity contribution in [2.75, 3.05) is 26.7 Å². The molecule has 3 aromatic rings. The molecule has 4 rings (SSSR count).